The van der Waals surface area contributed by atoms with Gasteiger partial charge in [0.15, 0.2) is 5.65 Å². The van der Waals surface area contributed by atoms with Crippen LogP contribution in [0.15, 0.2) is 164 Å². The Kier molecular flexibility index (Phi) is 5.81. The average Bonchev–Trinajstić information content (AvgIpc) is 3.66. The highest BCUT2D eigenvalue weighted by Crippen LogP contribution is 2.37. The molecular formula is C43H27N5. The Morgan fingerprint density at radius 3 is 1.67 bits per heavy atom. The van der Waals surface area contributed by atoms with Crippen LogP contribution in [0, 0.1) is 0 Å². The molecule has 0 aliphatic rings. The van der Waals surface area contributed by atoms with Gasteiger partial charge in [0.05, 0.1) is 27.6 Å². The molecule has 48 heavy (non-hydrogen) atoms. The van der Waals surface area contributed by atoms with Crippen molar-refractivity contribution in [3.05, 3.63) is 164 Å². The number of rotatable bonds is 4. The third kappa shape index (κ3) is 4.08. The van der Waals surface area contributed by atoms with Crippen LogP contribution < -0.4 is 0 Å². The number of nitrogens with zero attached hydrogens (tertiary/aromatic N) is 5. The summed E-state index contributed by atoms with van der Waals surface area (Å²) in [4.78, 5) is 14.7. The first-order valence-corrected chi connectivity index (χ1v) is 16.1. The van der Waals surface area contributed by atoms with E-state index in [4.69, 9.17) is 9.97 Å². The van der Waals surface area contributed by atoms with Gasteiger partial charge in [-0.2, -0.15) is 0 Å². The van der Waals surface area contributed by atoms with Gasteiger partial charge in [-0.25, -0.2) is 9.97 Å². The highest BCUT2D eigenvalue weighted by molar-refractivity contribution is 6.11. The third-order valence-corrected chi connectivity index (χ3v) is 9.38. The topological polar surface area (TPSA) is 48.5 Å². The minimum atomic E-state index is 0.859. The molecule has 0 spiro atoms. The van der Waals surface area contributed by atoms with E-state index in [0.717, 1.165) is 77.6 Å². The molecule has 0 aliphatic heterocycles. The summed E-state index contributed by atoms with van der Waals surface area (Å²) in [5, 5.41) is 3.41. The minimum Gasteiger partial charge on any atom is -0.309 e. The Balaban J connectivity index is 1.13. The zero-order valence-corrected chi connectivity index (χ0v) is 25.8. The molecule has 0 radical (unpaired) electrons. The molecule has 4 aromatic heterocycles. The highest BCUT2D eigenvalue weighted by Gasteiger charge is 2.18. The molecule has 0 N–H and O–H groups in total. The maximum absolute atomic E-state index is 5.14. The van der Waals surface area contributed by atoms with Gasteiger partial charge in [-0.3, -0.25) is 9.55 Å². The largest absolute Gasteiger partial charge is 0.309 e. The molecule has 10 rings (SSSR count). The van der Waals surface area contributed by atoms with E-state index in [1.54, 1.807) is 0 Å². The highest BCUT2D eigenvalue weighted by atomic mass is 15.1. The summed E-state index contributed by atoms with van der Waals surface area (Å²) in [5.41, 5.74) is 13.8. The molecule has 0 aliphatic carbocycles. The normalized spacial score (nSPS) is 11.8. The van der Waals surface area contributed by atoms with Crippen LogP contribution in [0.2, 0.25) is 0 Å². The molecule has 0 unspecified atom stereocenters. The van der Waals surface area contributed by atoms with E-state index in [9.17, 15) is 0 Å². The fourth-order valence-electron chi connectivity index (χ4n) is 7.16. The Morgan fingerprint density at radius 1 is 0.396 bits per heavy atom. The quantitative estimate of drug-likeness (QED) is 0.198. The number of hydrogen-bond donors (Lipinski definition) is 0. The lowest BCUT2D eigenvalue weighted by Crippen LogP contribution is -1.96. The van der Waals surface area contributed by atoms with E-state index in [0.29, 0.717) is 0 Å². The van der Waals surface area contributed by atoms with Crippen LogP contribution in [-0.4, -0.2) is 24.1 Å². The molecular weight excluding hydrogens is 587 g/mol. The smallest absolute Gasteiger partial charge is 0.165 e. The van der Waals surface area contributed by atoms with Crippen molar-refractivity contribution < 1.29 is 0 Å². The average molecular weight is 614 g/mol. The fourth-order valence-corrected chi connectivity index (χ4v) is 7.16. The van der Waals surface area contributed by atoms with Crippen molar-refractivity contribution in [1.82, 2.24) is 24.1 Å². The molecule has 0 saturated heterocycles. The van der Waals surface area contributed by atoms with Gasteiger partial charge in [0, 0.05) is 39.9 Å². The van der Waals surface area contributed by atoms with Crippen LogP contribution in [0.4, 0.5) is 0 Å². The maximum Gasteiger partial charge on any atom is 0.165 e. The number of para-hydroxylation sites is 4. The Labute approximate surface area is 276 Å². The van der Waals surface area contributed by atoms with Crippen LogP contribution in [0.3, 0.4) is 0 Å². The van der Waals surface area contributed by atoms with E-state index in [1.807, 2.05) is 42.7 Å². The fraction of sp³-hybridized carbons (Fsp3) is 0. The van der Waals surface area contributed by atoms with Gasteiger partial charge in [0.25, 0.3) is 0 Å². The summed E-state index contributed by atoms with van der Waals surface area (Å²) in [6, 6.07) is 53.4. The van der Waals surface area contributed by atoms with Gasteiger partial charge in [0.2, 0.25) is 0 Å². The first kappa shape index (κ1) is 26.6. The van der Waals surface area contributed by atoms with Crippen LogP contribution in [0.1, 0.15) is 0 Å². The maximum atomic E-state index is 5.14. The lowest BCUT2D eigenvalue weighted by atomic mass is 9.97. The monoisotopic (exact) mass is 613 g/mol. The second-order valence-electron chi connectivity index (χ2n) is 12.2. The summed E-state index contributed by atoms with van der Waals surface area (Å²) in [6.07, 6.45) is 3.84. The molecule has 0 amide bonds. The lowest BCUT2D eigenvalue weighted by molar-refractivity contribution is 1.14. The Hall–Kier alpha value is -6.59. The molecule has 0 bridgehead atoms. The van der Waals surface area contributed by atoms with Gasteiger partial charge < -0.3 is 4.57 Å². The number of benzene rings is 6. The number of hydrogen-bond acceptors (Lipinski definition) is 3. The zero-order valence-electron chi connectivity index (χ0n) is 25.8. The summed E-state index contributed by atoms with van der Waals surface area (Å²) in [6.45, 7) is 0. The van der Waals surface area contributed by atoms with Crippen LogP contribution in [0.5, 0.6) is 0 Å². The predicted octanol–water partition coefficient (Wildman–Crippen LogP) is 10.6. The molecule has 5 nitrogen and oxygen atoms in total. The molecule has 0 saturated carbocycles. The van der Waals surface area contributed by atoms with Gasteiger partial charge in [0.1, 0.15) is 5.52 Å². The minimum absolute atomic E-state index is 0.859. The molecule has 10 aromatic rings. The second kappa shape index (κ2) is 10.5. The van der Waals surface area contributed by atoms with Crippen LogP contribution in [-0.2, 0) is 0 Å². The first-order chi connectivity index (χ1) is 23.8. The Bertz CT molecular complexity index is 2830. The van der Waals surface area contributed by atoms with Gasteiger partial charge in [-0.15, -0.1) is 0 Å². The van der Waals surface area contributed by atoms with E-state index >= 15 is 0 Å². The third-order valence-electron chi connectivity index (χ3n) is 9.38. The SMILES string of the molecule is c1ccc(-n2c3ccncc3c3cc(-c4cccc(-c5ccc6c(c5)c5nc7ccccc7nc5n6-c5ccccc5)c4)ccc32)cc1. The van der Waals surface area contributed by atoms with Crippen molar-refractivity contribution in [3.63, 3.8) is 0 Å². The molecule has 5 heteroatoms. The van der Waals surface area contributed by atoms with E-state index in [2.05, 4.69) is 135 Å². The molecule has 0 atom stereocenters. The summed E-state index contributed by atoms with van der Waals surface area (Å²) in [5.74, 6) is 0. The van der Waals surface area contributed by atoms with Gasteiger partial charge >= 0.3 is 0 Å². The van der Waals surface area contributed by atoms with Crippen LogP contribution >= 0.6 is 0 Å². The van der Waals surface area contributed by atoms with Crippen molar-refractivity contribution in [3.8, 4) is 33.6 Å². The van der Waals surface area contributed by atoms with Crippen molar-refractivity contribution in [1.29, 1.82) is 0 Å². The zero-order chi connectivity index (χ0) is 31.6. The summed E-state index contributed by atoms with van der Waals surface area (Å²) >= 11 is 0. The number of fused-ring (bicyclic) bond motifs is 7. The molecule has 4 heterocycles. The van der Waals surface area contributed by atoms with Crippen molar-refractivity contribution in [2.24, 2.45) is 0 Å². The Morgan fingerprint density at radius 2 is 0.958 bits per heavy atom. The van der Waals surface area contributed by atoms with Gasteiger partial charge in [-0.05, 0) is 95.1 Å². The van der Waals surface area contributed by atoms with Crippen molar-refractivity contribution in [2.45, 2.75) is 0 Å². The van der Waals surface area contributed by atoms with E-state index in [1.165, 1.54) is 10.9 Å². The van der Waals surface area contributed by atoms with Crippen molar-refractivity contribution in [2.75, 3.05) is 0 Å². The van der Waals surface area contributed by atoms with E-state index in [-0.39, 0.29) is 0 Å². The number of aromatic nitrogens is 5. The van der Waals surface area contributed by atoms with Crippen molar-refractivity contribution >= 4 is 54.9 Å². The predicted molar refractivity (Wildman–Crippen MR) is 197 cm³/mol. The number of pyridine rings is 1. The molecule has 6 aromatic carbocycles. The van der Waals surface area contributed by atoms with Crippen LogP contribution in [0.25, 0.3) is 88.5 Å². The van der Waals surface area contributed by atoms with E-state index < -0.39 is 0 Å². The molecule has 0 fully saturated rings. The standard InChI is InChI=1S/C43H27N5/c1-3-12-32(13-4-1)47-39-20-18-30(25-34(39)36-27-44-23-22-41(36)47)28-10-9-11-29(24-28)31-19-21-40-35(26-31)42-43(48(40)33-14-5-2-6-15-33)46-38-17-8-7-16-37(38)45-42/h1-27H. The van der Waals surface area contributed by atoms with Gasteiger partial charge in [-0.1, -0.05) is 78.9 Å². The molecule has 224 valence electrons. The lowest BCUT2D eigenvalue weighted by Gasteiger charge is -2.10. The first-order valence-electron chi connectivity index (χ1n) is 16.1. The summed E-state index contributed by atoms with van der Waals surface area (Å²) < 4.78 is 4.54. The second-order valence-corrected chi connectivity index (χ2v) is 12.2. The summed E-state index contributed by atoms with van der Waals surface area (Å²) in [7, 11) is 0.